The highest BCUT2D eigenvalue weighted by atomic mass is 79.9. The van der Waals surface area contributed by atoms with Crippen LogP contribution in [0.4, 0.5) is 0 Å². The molecule has 1 rings (SSSR count). The second-order valence-electron chi connectivity index (χ2n) is 3.38. The van der Waals surface area contributed by atoms with Crippen molar-refractivity contribution >= 4 is 27.8 Å². The average molecular weight is 302 g/mol. The van der Waals surface area contributed by atoms with Crippen molar-refractivity contribution in [2.75, 3.05) is 6.54 Å². The molecule has 92 valence electrons. The van der Waals surface area contributed by atoms with Gasteiger partial charge in [0.25, 0.3) is 5.91 Å². The maximum absolute atomic E-state index is 11.6. The molecule has 0 aliphatic rings. The number of aliphatic hydroxyl groups excluding tert-OH is 1. The number of hydrogen-bond acceptors (Lipinski definition) is 3. The van der Waals surface area contributed by atoms with Crippen LogP contribution in [0.1, 0.15) is 16.8 Å². The van der Waals surface area contributed by atoms with E-state index in [0.29, 0.717) is 10.0 Å². The van der Waals surface area contributed by atoms with E-state index >= 15 is 0 Å². The SMILES string of the molecule is O=C(NCCC(O)C(=O)O)c1ccccc1Br. The van der Waals surface area contributed by atoms with Gasteiger partial charge in [-0.2, -0.15) is 0 Å². The molecule has 3 N–H and O–H groups in total. The summed E-state index contributed by atoms with van der Waals surface area (Å²) in [5.74, 6) is -1.60. The Morgan fingerprint density at radius 3 is 2.59 bits per heavy atom. The molecule has 5 nitrogen and oxygen atoms in total. The van der Waals surface area contributed by atoms with E-state index < -0.39 is 12.1 Å². The van der Waals surface area contributed by atoms with Crippen molar-refractivity contribution in [3.05, 3.63) is 34.3 Å². The first kappa shape index (κ1) is 13.7. The van der Waals surface area contributed by atoms with Gasteiger partial charge in [0.15, 0.2) is 6.10 Å². The van der Waals surface area contributed by atoms with E-state index in [0.717, 1.165) is 0 Å². The summed E-state index contributed by atoms with van der Waals surface area (Å²) in [4.78, 5) is 22.0. The zero-order valence-electron chi connectivity index (χ0n) is 8.89. The highest BCUT2D eigenvalue weighted by molar-refractivity contribution is 9.10. The Morgan fingerprint density at radius 1 is 1.35 bits per heavy atom. The molecule has 1 aromatic rings. The summed E-state index contributed by atoms with van der Waals surface area (Å²) in [6, 6.07) is 6.90. The van der Waals surface area contributed by atoms with Crippen molar-refractivity contribution < 1.29 is 19.8 Å². The molecule has 0 saturated carbocycles. The molecular formula is C11H12BrNO4. The number of aliphatic hydroxyl groups is 1. The van der Waals surface area contributed by atoms with Crippen LogP contribution in [-0.2, 0) is 4.79 Å². The van der Waals surface area contributed by atoms with Gasteiger partial charge in [0.1, 0.15) is 0 Å². The third-order valence-corrected chi connectivity index (χ3v) is 2.80. The molecule has 0 spiro atoms. The Morgan fingerprint density at radius 2 is 2.00 bits per heavy atom. The van der Waals surface area contributed by atoms with Gasteiger partial charge < -0.3 is 15.5 Å². The quantitative estimate of drug-likeness (QED) is 0.758. The largest absolute Gasteiger partial charge is 0.479 e. The number of carboxylic acids is 1. The first-order chi connectivity index (χ1) is 8.02. The molecule has 0 fully saturated rings. The van der Waals surface area contributed by atoms with E-state index in [-0.39, 0.29) is 18.9 Å². The Hall–Kier alpha value is -1.40. The maximum Gasteiger partial charge on any atom is 0.332 e. The number of nitrogens with one attached hydrogen (secondary N) is 1. The highest BCUT2D eigenvalue weighted by Gasteiger charge is 2.14. The first-order valence-electron chi connectivity index (χ1n) is 4.96. The van der Waals surface area contributed by atoms with Crippen molar-refractivity contribution in [3.63, 3.8) is 0 Å². The van der Waals surface area contributed by atoms with Gasteiger partial charge in [-0.3, -0.25) is 4.79 Å². The number of hydrogen-bond donors (Lipinski definition) is 3. The fraction of sp³-hybridized carbons (Fsp3) is 0.273. The molecule has 1 aromatic carbocycles. The number of carbonyl (C=O) groups is 2. The van der Waals surface area contributed by atoms with Crippen molar-refractivity contribution in [1.82, 2.24) is 5.32 Å². The van der Waals surface area contributed by atoms with E-state index in [1.54, 1.807) is 24.3 Å². The van der Waals surface area contributed by atoms with Crippen LogP contribution < -0.4 is 5.32 Å². The second-order valence-corrected chi connectivity index (χ2v) is 4.23. The number of aliphatic carboxylic acids is 1. The van der Waals surface area contributed by atoms with Crippen molar-refractivity contribution in [2.45, 2.75) is 12.5 Å². The van der Waals surface area contributed by atoms with Gasteiger partial charge in [-0.25, -0.2) is 4.79 Å². The van der Waals surface area contributed by atoms with Gasteiger partial charge >= 0.3 is 5.97 Å². The molecule has 0 radical (unpaired) electrons. The zero-order chi connectivity index (χ0) is 12.8. The monoisotopic (exact) mass is 301 g/mol. The van der Waals surface area contributed by atoms with Crippen LogP contribution in [0.5, 0.6) is 0 Å². The average Bonchev–Trinajstić information content (AvgIpc) is 2.29. The number of carbonyl (C=O) groups excluding carboxylic acids is 1. The van der Waals surface area contributed by atoms with Crippen LogP contribution in [0.3, 0.4) is 0 Å². The Labute approximate surface area is 107 Å². The normalized spacial score (nSPS) is 11.9. The minimum absolute atomic E-state index is 0.0223. The van der Waals surface area contributed by atoms with Gasteiger partial charge in [-0.05, 0) is 28.1 Å². The lowest BCUT2D eigenvalue weighted by Crippen LogP contribution is -2.30. The molecular weight excluding hydrogens is 290 g/mol. The fourth-order valence-corrected chi connectivity index (χ4v) is 1.65. The Kier molecular flexibility index (Phi) is 5.11. The van der Waals surface area contributed by atoms with Crippen molar-refractivity contribution in [1.29, 1.82) is 0 Å². The summed E-state index contributed by atoms with van der Waals surface area (Å²) in [5, 5.41) is 20.0. The van der Waals surface area contributed by atoms with Gasteiger partial charge in [0.2, 0.25) is 0 Å². The number of rotatable bonds is 5. The summed E-state index contributed by atoms with van der Waals surface area (Å²) in [5.41, 5.74) is 0.470. The summed E-state index contributed by atoms with van der Waals surface area (Å²) < 4.78 is 0.663. The number of halogens is 1. The molecule has 0 heterocycles. The lowest BCUT2D eigenvalue weighted by atomic mass is 10.2. The topological polar surface area (TPSA) is 86.6 Å². The fourth-order valence-electron chi connectivity index (χ4n) is 1.19. The lowest BCUT2D eigenvalue weighted by molar-refractivity contribution is -0.146. The van der Waals surface area contributed by atoms with E-state index in [9.17, 15) is 9.59 Å². The van der Waals surface area contributed by atoms with Crippen LogP contribution in [0.25, 0.3) is 0 Å². The van der Waals surface area contributed by atoms with E-state index in [1.807, 2.05) is 0 Å². The van der Waals surface area contributed by atoms with Crippen LogP contribution in [-0.4, -0.2) is 34.7 Å². The van der Waals surface area contributed by atoms with Crippen LogP contribution in [0, 0.1) is 0 Å². The van der Waals surface area contributed by atoms with Crippen LogP contribution in [0.15, 0.2) is 28.7 Å². The van der Waals surface area contributed by atoms with Crippen molar-refractivity contribution in [2.24, 2.45) is 0 Å². The second kappa shape index (κ2) is 6.36. The Bertz CT molecular complexity index is 422. The molecule has 0 aliphatic carbocycles. The smallest absolute Gasteiger partial charge is 0.332 e. The lowest BCUT2D eigenvalue weighted by Gasteiger charge is -2.08. The molecule has 0 saturated heterocycles. The molecule has 1 amide bonds. The number of amides is 1. The summed E-state index contributed by atoms with van der Waals surface area (Å²) in [7, 11) is 0. The third-order valence-electron chi connectivity index (χ3n) is 2.11. The standard InChI is InChI=1S/C11H12BrNO4/c12-8-4-2-1-3-7(8)10(15)13-6-5-9(14)11(16)17/h1-4,9,14H,5-6H2,(H,13,15)(H,16,17). The van der Waals surface area contributed by atoms with E-state index in [2.05, 4.69) is 21.2 Å². The first-order valence-corrected chi connectivity index (χ1v) is 5.75. The van der Waals surface area contributed by atoms with Gasteiger partial charge in [0, 0.05) is 17.4 Å². The predicted octanol–water partition coefficient (Wildman–Crippen LogP) is 1.01. The number of benzene rings is 1. The van der Waals surface area contributed by atoms with E-state index in [4.69, 9.17) is 10.2 Å². The molecule has 1 atom stereocenters. The zero-order valence-corrected chi connectivity index (χ0v) is 10.5. The van der Waals surface area contributed by atoms with Crippen LogP contribution in [0.2, 0.25) is 0 Å². The maximum atomic E-state index is 11.6. The predicted molar refractivity (Wildman–Crippen MR) is 64.7 cm³/mol. The summed E-state index contributed by atoms with van der Waals surface area (Å²) >= 11 is 3.24. The minimum Gasteiger partial charge on any atom is -0.479 e. The van der Waals surface area contributed by atoms with E-state index in [1.165, 1.54) is 0 Å². The highest BCUT2D eigenvalue weighted by Crippen LogP contribution is 2.15. The van der Waals surface area contributed by atoms with Gasteiger partial charge in [0.05, 0.1) is 5.56 Å². The molecule has 17 heavy (non-hydrogen) atoms. The molecule has 6 heteroatoms. The van der Waals surface area contributed by atoms with Crippen molar-refractivity contribution in [3.8, 4) is 0 Å². The summed E-state index contributed by atoms with van der Waals surface area (Å²) in [6.45, 7) is 0.105. The van der Waals surface area contributed by atoms with Gasteiger partial charge in [-0.15, -0.1) is 0 Å². The molecule has 0 aromatic heterocycles. The molecule has 0 bridgehead atoms. The Balaban J connectivity index is 2.46. The minimum atomic E-state index is -1.45. The molecule has 0 aliphatic heterocycles. The third kappa shape index (κ3) is 4.16. The summed E-state index contributed by atoms with van der Waals surface area (Å²) in [6.07, 6.45) is -1.47. The van der Waals surface area contributed by atoms with Crippen LogP contribution >= 0.6 is 15.9 Å². The molecule has 1 unspecified atom stereocenters. The van der Waals surface area contributed by atoms with Gasteiger partial charge in [-0.1, -0.05) is 12.1 Å². The number of carboxylic acid groups (broad SMARTS) is 1.